The summed E-state index contributed by atoms with van der Waals surface area (Å²) in [7, 11) is 1.57. The van der Waals surface area contributed by atoms with Gasteiger partial charge in [-0.15, -0.1) is 0 Å². The van der Waals surface area contributed by atoms with Gasteiger partial charge in [0, 0.05) is 29.1 Å². The monoisotopic (exact) mass is 474 g/mol. The van der Waals surface area contributed by atoms with Crippen LogP contribution in [0.25, 0.3) is 0 Å². The molecule has 0 radical (unpaired) electrons. The van der Waals surface area contributed by atoms with Gasteiger partial charge in [0.25, 0.3) is 5.69 Å². The molecule has 4 aromatic rings. The van der Waals surface area contributed by atoms with Crippen molar-refractivity contribution in [2.45, 2.75) is 0 Å². The Bertz CT molecular complexity index is 1350. The SMILES string of the molecule is COc1ccc(Nc2nc(N/N=C/c3ccccc3F)nc(Nc3ccc([N+](=O)[O-])cc3)n2)cc1. The summed E-state index contributed by atoms with van der Waals surface area (Å²) < 4.78 is 19.0. The van der Waals surface area contributed by atoms with Crippen molar-refractivity contribution >= 4 is 41.1 Å². The van der Waals surface area contributed by atoms with Gasteiger partial charge >= 0.3 is 0 Å². The zero-order valence-electron chi connectivity index (χ0n) is 18.3. The Morgan fingerprint density at radius 1 is 0.886 bits per heavy atom. The highest BCUT2D eigenvalue weighted by molar-refractivity contribution is 5.80. The van der Waals surface area contributed by atoms with Gasteiger partial charge in [-0.1, -0.05) is 18.2 Å². The average Bonchev–Trinajstić information content (AvgIpc) is 2.86. The summed E-state index contributed by atoms with van der Waals surface area (Å²) in [5.74, 6) is 0.687. The minimum absolute atomic E-state index is 0.0436. The van der Waals surface area contributed by atoms with Gasteiger partial charge in [-0.2, -0.15) is 20.1 Å². The van der Waals surface area contributed by atoms with Crippen LogP contribution < -0.4 is 20.8 Å². The van der Waals surface area contributed by atoms with E-state index in [9.17, 15) is 14.5 Å². The van der Waals surface area contributed by atoms with Crippen molar-refractivity contribution in [1.82, 2.24) is 15.0 Å². The van der Waals surface area contributed by atoms with Crippen molar-refractivity contribution in [3.05, 3.63) is 94.3 Å². The fourth-order valence-corrected chi connectivity index (χ4v) is 2.88. The van der Waals surface area contributed by atoms with Crippen molar-refractivity contribution in [1.29, 1.82) is 0 Å². The molecule has 3 N–H and O–H groups in total. The number of methoxy groups -OCH3 is 1. The molecule has 1 aromatic heterocycles. The van der Waals surface area contributed by atoms with Gasteiger partial charge in [-0.3, -0.25) is 10.1 Å². The van der Waals surface area contributed by atoms with Crippen LogP contribution >= 0.6 is 0 Å². The number of ether oxygens (including phenoxy) is 1. The summed E-state index contributed by atoms with van der Waals surface area (Å²) in [6.07, 6.45) is 1.30. The van der Waals surface area contributed by atoms with Crippen molar-refractivity contribution < 1.29 is 14.1 Å². The number of rotatable bonds is 9. The van der Waals surface area contributed by atoms with E-state index in [-0.39, 0.29) is 29.1 Å². The molecule has 0 unspecified atom stereocenters. The summed E-state index contributed by atoms with van der Waals surface area (Å²) in [6.45, 7) is 0. The maximum Gasteiger partial charge on any atom is 0.269 e. The predicted octanol–water partition coefficient (Wildman–Crippen LogP) is 4.86. The van der Waals surface area contributed by atoms with Crippen LogP contribution in [-0.2, 0) is 0 Å². The Kier molecular flexibility index (Phi) is 7.02. The molecule has 0 aliphatic heterocycles. The van der Waals surface area contributed by atoms with Crippen LogP contribution in [0.2, 0.25) is 0 Å². The lowest BCUT2D eigenvalue weighted by Gasteiger charge is -2.10. The maximum absolute atomic E-state index is 13.8. The molecular weight excluding hydrogens is 455 g/mol. The minimum Gasteiger partial charge on any atom is -0.497 e. The Balaban J connectivity index is 1.58. The molecule has 0 saturated carbocycles. The van der Waals surface area contributed by atoms with E-state index in [0.29, 0.717) is 17.1 Å². The van der Waals surface area contributed by atoms with E-state index in [4.69, 9.17) is 4.74 Å². The molecule has 176 valence electrons. The molecule has 0 aliphatic carbocycles. The number of nitrogens with one attached hydrogen (secondary N) is 3. The lowest BCUT2D eigenvalue weighted by Crippen LogP contribution is -2.07. The highest BCUT2D eigenvalue weighted by Crippen LogP contribution is 2.22. The number of benzene rings is 3. The summed E-state index contributed by atoms with van der Waals surface area (Å²) in [6, 6.07) is 19.1. The van der Waals surface area contributed by atoms with Crippen LogP contribution in [0.3, 0.4) is 0 Å². The molecule has 11 nitrogen and oxygen atoms in total. The number of halogens is 1. The van der Waals surface area contributed by atoms with Crippen molar-refractivity contribution in [3.63, 3.8) is 0 Å². The molecule has 1 heterocycles. The van der Waals surface area contributed by atoms with Gasteiger partial charge in [0.15, 0.2) is 0 Å². The van der Waals surface area contributed by atoms with E-state index in [1.165, 1.54) is 36.5 Å². The van der Waals surface area contributed by atoms with Crippen molar-refractivity contribution in [3.8, 4) is 5.75 Å². The van der Waals surface area contributed by atoms with Crippen LogP contribution in [-0.4, -0.2) is 33.2 Å². The highest BCUT2D eigenvalue weighted by Gasteiger charge is 2.09. The lowest BCUT2D eigenvalue weighted by molar-refractivity contribution is -0.384. The Morgan fingerprint density at radius 3 is 2.03 bits per heavy atom. The van der Waals surface area contributed by atoms with E-state index in [2.05, 4.69) is 36.1 Å². The summed E-state index contributed by atoms with van der Waals surface area (Å²) in [5.41, 5.74) is 4.13. The van der Waals surface area contributed by atoms with E-state index in [1.807, 2.05) is 0 Å². The number of nitro benzene ring substituents is 1. The summed E-state index contributed by atoms with van der Waals surface area (Å²) >= 11 is 0. The zero-order valence-corrected chi connectivity index (χ0v) is 18.3. The predicted molar refractivity (Wildman–Crippen MR) is 130 cm³/mol. The lowest BCUT2D eigenvalue weighted by atomic mass is 10.2. The first-order chi connectivity index (χ1) is 17.0. The summed E-state index contributed by atoms with van der Waals surface area (Å²) in [5, 5.41) is 20.9. The molecule has 0 amide bonds. The maximum atomic E-state index is 13.8. The second kappa shape index (κ2) is 10.7. The van der Waals surface area contributed by atoms with Crippen molar-refractivity contribution in [2.75, 3.05) is 23.2 Å². The van der Waals surface area contributed by atoms with Gasteiger partial charge in [0.2, 0.25) is 17.8 Å². The molecule has 0 bridgehead atoms. The number of hydrogen-bond donors (Lipinski definition) is 3. The fourth-order valence-electron chi connectivity index (χ4n) is 2.88. The molecule has 0 saturated heterocycles. The second-order valence-electron chi connectivity index (χ2n) is 6.98. The van der Waals surface area contributed by atoms with Crippen LogP contribution in [0.5, 0.6) is 5.75 Å². The van der Waals surface area contributed by atoms with E-state index >= 15 is 0 Å². The average molecular weight is 474 g/mol. The third-order valence-electron chi connectivity index (χ3n) is 4.59. The van der Waals surface area contributed by atoms with Gasteiger partial charge < -0.3 is 15.4 Å². The normalized spacial score (nSPS) is 10.7. The Hall–Kier alpha value is -5.13. The van der Waals surface area contributed by atoms with Crippen molar-refractivity contribution in [2.24, 2.45) is 5.10 Å². The van der Waals surface area contributed by atoms with Gasteiger partial charge in [0.1, 0.15) is 11.6 Å². The number of nitrogens with zero attached hydrogens (tertiary/aromatic N) is 5. The molecule has 0 spiro atoms. The zero-order chi connectivity index (χ0) is 24.6. The van der Waals surface area contributed by atoms with Crippen LogP contribution in [0.1, 0.15) is 5.56 Å². The molecule has 3 aromatic carbocycles. The molecule has 35 heavy (non-hydrogen) atoms. The quantitative estimate of drug-likeness (QED) is 0.176. The molecule has 4 rings (SSSR count). The van der Waals surface area contributed by atoms with Gasteiger partial charge in [-0.25, -0.2) is 9.82 Å². The smallest absolute Gasteiger partial charge is 0.269 e. The van der Waals surface area contributed by atoms with Gasteiger partial charge in [-0.05, 0) is 42.5 Å². The van der Waals surface area contributed by atoms with E-state index in [1.54, 1.807) is 49.6 Å². The third kappa shape index (κ3) is 6.22. The first-order valence-corrected chi connectivity index (χ1v) is 10.2. The minimum atomic E-state index is -0.487. The largest absolute Gasteiger partial charge is 0.497 e. The number of aromatic nitrogens is 3. The number of hydrazone groups is 1. The van der Waals surface area contributed by atoms with Crippen LogP contribution in [0, 0.1) is 15.9 Å². The summed E-state index contributed by atoms with van der Waals surface area (Å²) in [4.78, 5) is 23.3. The molecule has 12 heteroatoms. The van der Waals surface area contributed by atoms with Crippen LogP contribution in [0.15, 0.2) is 77.9 Å². The number of non-ortho nitro benzene ring substituents is 1. The molecule has 0 atom stereocenters. The molecule has 0 aliphatic rings. The number of anilines is 5. The fraction of sp³-hybridized carbons (Fsp3) is 0.0435. The first kappa shape index (κ1) is 23.0. The number of nitro groups is 1. The molecule has 0 fully saturated rings. The standard InChI is InChI=1S/C23H19FN8O3/c1-35-19-12-8-17(9-13-19)27-22-28-21(26-16-6-10-18(11-7-16)32(33)34)29-23(30-22)31-25-14-15-4-2-3-5-20(15)24/h2-14H,1H3,(H3,26,27,28,29,30,31)/b25-14+. The van der Waals surface area contributed by atoms with E-state index < -0.39 is 10.7 Å². The first-order valence-electron chi connectivity index (χ1n) is 10.2. The van der Waals surface area contributed by atoms with Gasteiger partial charge in [0.05, 0.1) is 18.2 Å². The number of hydrogen-bond acceptors (Lipinski definition) is 10. The third-order valence-corrected chi connectivity index (χ3v) is 4.59. The topological polar surface area (TPSA) is 139 Å². The van der Waals surface area contributed by atoms with E-state index in [0.717, 1.165) is 0 Å². The van der Waals surface area contributed by atoms with Crippen LogP contribution in [0.4, 0.5) is 39.3 Å². The highest BCUT2D eigenvalue weighted by atomic mass is 19.1. The Labute approximate surface area is 198 Å². The Morgan fingerprint density at radius 2 is 1.46 bits per heavy atom. The second-order valence-corrected chi connectivity index (χ2v) is 6.98. The molecular formula is C23H19FN8O3.